The van der Waals surface area contributed by atoms with Gasteiger partial charge in [-0.05, 0) is 55.8 Å². The van der Waals surface area contributed by atoms with Gasteiger partial charge in [0.1, 0.15) is 5.78 Å². The predicted octanol–water partition coefficient (Wildman–Crippen LogP) is 3.67. The molecule has 1 N–H and O–H groups in total. The molecule has 136 valence electrons. The van der Waals surface area contributed by atoms with Crippen LogP contribution in [-0.2, 0) is 14.3 Å². The van der Waals surface area contributed by atoms with E-state index in [1.807, 2.05) is 6.92 Å². The van der Waals surface area contributed by atoms with Gasteiger partial charge < -0.3 is 9.84 Å². The number of methoxy groups -OCH3 is 1. The number of allylic oxidation sites excluding steroid dienone is 1. The number of aliphatic hydroxyl groups excluding tert-OH is 1. The molecule has 0 aromatic carbocycles. The van der Waals surface area contributed by atoms with Gasteiger partial charge in [0.2, 0.25) is 0 Å². The fourth-order valence-electron chi connectivity index (χ4n) is 5.22. The average molecular weight is 336 g/mol. The third kappa shape index (κ3) is 3.44. The molecule has 0 aromatic heterocycles. The Morgan fingerprint density at radius 1 is 1.33 bits per heavy atom. The second-order valence-corrected chi connectivity index (χ2v) is 8.54. The zero-order valence-corrected chi connectivity index (χ0v) is 15.7. The maximum atomic E-state index is 12.7. The van der Waals surface area contributed by atoms with Gasteiger partial charge in [-0.1, -0.05) is 26.3 Å². The van der Waals surface area contributed by atoms with Crippen molar-refractivity contribution in [3.8, 4) is 0 Å². The molecule has 2 saturated carbocycles. The Morgan fingerprint density at radius 2 is 2.00 bits per heavy atom. The smallest absolute Gasteiger partial charge is 0.330 e. The Morgan fingerprint density at radius 3 is 2.62 bits per heavy atom. The van der Waals surface area contributed by atoms with E-state index < -0.39 is 0 Å². The van der Waals surface area contributed by atoms with Crippen LogP contribution in [0.3, 0.4) is 0 Å². The number of ketones is 1. The number of carbonyl (C=O) groups excluding carboxylic acids is 2. The summed E-state index contributed by atoms with van der Waals surface area (Å²) in [5.74, 6) is 0.394. The fourth-order valence-corrected chi connectivity index (χ4v) is 5.22. The minimum Gasteiger partial charge on any atom is -0.466 e. The second-order valence-electron chi connectivity index (χ2n) is 8.54. The highest BCUT2D eigenvalue weighted by atomic mass is 16.5. The van der Waals surface area contributed by atoms with Gasteiger partial charge >= 0.3 is 5.97 Å². The van der Waals surface area contributed by atoms with Crippen molar-refractivity contribution in [3.05, 3.63) is 11.6 Å². The maximum Gasteiger partial charge on any atom is 0.330 e. The highest BCUT2D eigenvalue weighted by Crippen LogP contribution is 2.59. The van der Waals surface area contributed by atoms with Crippen molar-refractivity contribution in [2.75, 3.05) is 7.11 Å². The second kappa shape index (κ2) is 6.99. The van der Waals surface area contributed by atoms with E-state index in [1.54, 1.807) is 0 Å². The molecule has 4 atom stereocenters. The van der Waals surface area contributed by atoms with Crippen molar-refractivity contribution < 1.29 is 19.4 Å². The summed E-state index contributed by atoms with van der Waals surface area (Å²) >= 11 is 0. The number of fused-ring (bicyclic) bond motifs is 1. The molecule has 0 aromatic rings. The number of carbonyl (C=O) groups is 2. The Hall–Kier alpha value is -1.16. The van der Waals surface area contributed by atoms with Crippen molar-refractivity contribution in [1.82, 2.24) is 0 Å². The van der Waals surface area contributed by atoms with Gasteiger partial charge in [-0.3, -0.25) is 4.79 Å². The van der Waals surface area contributed by atoms with Crippen molar-refractivity contribution in [1.29, 1.82) is 0 Å². The molecule has 2 aliphatic rings. The van der Waals surface area contributed by atoms with Crippen LogP contribution in [0.4, 0.5) is 0 Å². The lowest BCUT2D eigenvalue weighted by atomic mass is 9.47. The number of Topliss-reactive ketones (excluding diaryl/α,β-unsaturated/α-hetero) is 1. The molecule has 4 heteroatoms. The summed E-state index contributed by atoms with van der Waals surface area (Å²) in [5.41, 5.74) is 0.752. The molecular weight excluding hydrogens is 304 g/mol. The van der Waals surface area contributed by atoms with Crippen LogP contribution in [0.25, 0.3) is 0 Å². The standard InChI is InChI=1S/C20H32O4/c1-13(12-18(23)24-5)6-7-14-15(21)8-9-16-19(2,3)17(22)10-11-20(14,16)4/h12,14,16-17,22H,6-11H2,1-5H3/b13-12-/t14-,16-,17-,20+/m1/s1. The zero-order valence-electron chi connectivity index (χ0n) is 15.7. The van der Waals surface area contributed by atoms with Gasteiger partial charge in [-0.2, -0.15) is 0 Å². The van der Waals surface area contributed by atoms with E-state index in [4.69, 9.17) is 0 Å². The minimum atomic E-state index is -0.339. The van der Waals surface area contributed by atoms with Crippen molar-refractivity contribution >= 4 is 11.8 Å². The quantitative estimate of drug-likeness (QED) is 0.628. The lowest BCUT2D eigenvalue weighted by Gasteiger charge is -2.58. The topological polar surface area (TPSA) is 63.6 Å². The molecule has 0 aliphatic heterocycles. The predicted molar refractivity (Wildman–Crippen MR) is 93.4 cm³/mol. The molecule has 24 heavy (non-hydrogen) atoms. The molecule has 2 rings (SSSR count). The molecule has 0 saturated heterocycles. The summed E-state index contributed by atoms with van der Waals surface area (Å²) in [7, 11) is 1.37. The van der Waals surface area contributed by atoms with Crippen molar-refractivity contribution in [2.24, 2.45) is 22.7 Å². The van der Waals surface area contributed by atoms with Crippen molar-refractivity contribution in [3.63, 3.8) is 0 Å². The monoisotopic (exact) mass is 336 g/mol. The Bertz CT molecular complexity index is 534. The SMILES string of the molecule is COC(=O)/C=C(/C)CC[C@@H]1C(=O)CC[C@@H]2C(C)(C)[C@H](O)CC[C@@]12C. The fraction of sp³-hybridized carbons (Fsp3) is 0.800. The van der Waals surface area contributed by atoms with E-state index in [0.717, 1.165) is 37.7 Å². The van der Waals surface area contributed by atoms with Crippen LogP contribution in [0.2, 0.25) is 0 Å². The van der Waals surface area contributed by atoms with Gasteiger partial charge in [0.15, 0.2) is 0 Å². The highest BCUT2D eigenvalue weighted by Gasteiger charge is 2.56. The molecule has 2 aliphatic carbocycles. The number of hydrogen-bond acceptors (Lipinski definition) is 4. The lowest BCUT2D eigenvalue weighted by Crippen LogP contribution is -2.56. The summed E-state index contributed by atoms with van der Waals surface area (Å²) in [6, 6.07) is 0. The third-order valence-corrected chi connectivity index (χ3v) is 6.77. The number of ether oxygens (including phenoxy) is 1. The summed E-state index contributed by atoms with van der Waals surface area (Å²) in [6.45, 7) is 8.45. The van der Waals surface area contributed by atoms with E-state index in [1.165, 1.54) is 13.2 Å². The molecule has 0 amide bonds. The zero-order chi connectivity index (χ0) is 18.1. The Kier molecular flexibility index (Phi) is 5.58. The van der Waals surface area contributed by atoms with Gasteiger partial charge in [-0.25, -0.2) is 4.79 Å². The molecule has 0 spiro atoms. The first-order chi connectivity index (χ1) is 11.1. The van der Waals surface area contributed by atoms with E-state index >= 15 is 0 Å². The number of aliphatic hydroxyl groups is 1. The lowest BCUT2D eigenvalue weighted by molar-refractivity contribution is -0.158. The Labute approximate surface area is 145 Å². The number of esters is 1. The molecule has 4 nitrogen and oxygen atoms in total. The first kappa shape index (κ1) is 19.2. The average Bonchev–Trinajstić information content (AvgIpc) is 2.50. The molecular formula is C20H32O4. The maximum absolute atomic E-state index is 12.7. The molecule has 0 bridgehead atoms. The van der Waals surface area contributed by atoms with Crippen LogP contribution in [0.1, 0.15) is 66.2 Å². The minimum absolute atomic E-state index is 0.0176. The van der Waals surface area contributed by atoms with Gasteiger partial charge in [0.25, 0.3) is 0 Å². The summed E-state index contributed by atoms with van der Waals surface area (Å²) in [5, 5.41) is 10.4. The molecule has 0 radical (unpaired) electrons. The highest BCUT2D eigenvalue weighted by molar-refractivity contribution is 5.83. The largest absolute Gasteiger partial charge is 0.466 e. The van der Waals surface area contributed by atoms with Crippen LogP contribution in [-0.4, -0.2) is 30.1 Å². The Balaban J connectivity index is 2.17. The molecule has 2 fully saturated rings. The van der Waals surface area contributed by atoms with E-state index in [0.29, 0.717) is 18.1 Å². The van der Waals surface area contributed by atoms with Gasteiger partial charge in [-0.15, -0.1) is 0 Å². The van der Waals surface area contributed by atoms with E-state index in [-0.39, 0.29) is 28.8 Å². The van der Waals surface area contributed by atoms with Crippen molar-refractivity contribution in [2.45, 2.75) is 72.3 Å². The van der Waals surface area contributed by atoms with Crippen LogP contribution in [0.5, 0.6) is 0 Å². The molecule has 0 unspecified atom stereocenters. The number of rotatable bonds is 4. The summed E-state index contributed by atoms with van der Waals surface area (Å²) in [4.78, 5) is 24.0. The first-order valence-electron chi connectivity index (χ1n) is 9.08. The third-order valence-electron chi connectivity index (χ3n) is 6.77. The van der Waals surface area contributed by atoms with Gasteiger partial charge in [0.05, 0.1) is 13.2 Å². The summed E-state index contributed by atoms with van der Waals surface area (Å²) in [6.07, 6.45) is 5.90. The normalized spacial score (nSPS) is 36.2. The van der Waals surface area contributed by atoms with Crippen LogP contribution in [0.15, 0.2) is 11.6 Å². The summed E-state index contributed by atoms with van der Waals surface area (Å²) < 4.78 is 4.67. The molecule has 0 heterocycles. The van der Waals surface area contributed by atoms with Crippen LogP contribution >= 0.6 is 0 Å². The van der Waals surface area contributed by atoms with E-state index in [2.05, 4.69) is 25.5 Å². The first-order valence-corrected chi connectivity index (χ1v) is 9.08. The van der Waals surface area contributed by atoms with E-state index in [9.17, 15) is 14.7 Å². The van der Waals surface area contributed by atoms with Gasteiger partial charge in [0, 0.05) is 18.4 Å². The number of hydrogen-bond donors (Lipinski definition) is 1. The van der Waals surface area contributed by atoms with Crippen LogP contribution < -0.4 is 0 Å². The van der Waals surface area contributed by atoms with Crippen LogP contribution in [0, 0.1) is 22.7 Å².